The molecule has 32 heavy (non-hydrogen) atoms. The predicted octanol–water partition coefficient (Wildman–Crippen LogP) is 4.40. The van der Waals surface area contributed by atoms with Crippen LogP contribution in [0.2, 0.25) is 0 Å². The maximum absolute atomic E-state index is 12.8. The molecule has 1 aliphatic heterocycles. The third-order valence-corrected chi connectivity index (χ3v) is 5.65. The largest absolute Gasteiger partial charge is 0.416 e. The summed E-state index contributed by atoms with van der Waals surface area (Å²) in [6.07, 6.45) is -0.761. The monoisotopic (exact) mass is 441 g/mol. The number of benzene rings is 1. The van der Waals surface area contributed by atoms with Crippen LogP contribution in [0, 0.1) is 0 Å². The number of carbonyl (C=O) groups is 1. The zero-order valence-corrected chi connectivity index (χ0v) is 17.2. The summed E-state index contributed by atoms with van der Waals surface area (Å²) in [5.74, 6) is -0.0603. The summed E-state index contributed by atoms with van der Waals surface area (Å²) in [5, 5.41) is 0. The Hall–Kier alpha value is -3.42. The molecular formula is C24H22F3N3O2. The van der Waals surface area contributed by atoms with E-state index >= 15 is 0 Å². The Balaban J connectivity index is 1.46. The molecule has 1 atom stereocenters. The maximum atomic E-state index is 12.8. The van der Waals surface area contributed by atoms with Crippen LogP contribution < -0.4 is 5.56 Å². The molecule has 0 saturated carbocycles. The second-order valence-corrected chi connectivity index (χ2v) is 7.96. The molecular weight excluding hydrogens is 419 g/mol. The number of hydrogen-bond acceptors (Lipinski definition) is 3. The van der Waals surface area contributed by atoms with E-state index in [2.05, 4.69) is 4.98 Å². The number of halogens is 3. The minimum absolute atomic E-state index is 0.0722. The lowest BCUT2D eigenvalue weighted by atomic mass is 9.93. The van der Waals surface area contributed by atoms with Gasteiger partial charge in [0.2, 0.25) is 5.56 Å². The first-order chi connectivity index (χ1) is 15.3. The number of aromatic amines is 1. The van der Waals surface area contributed by atoms with E-state index in [0.717, 1.165) is 41.9 Å². The van der Waals surface area contributed by atoms with E-state index in [1.165, 1.54) is 30.5 Å². The molecule has 0 spiro atoms. The summed E-state index contributed by atoms with van der Waals surface area (Å²) in [6.45, 7) is 1.16. The Morgan fingerprint density at radius 1 is 1.09 bits per heavy atom. The second kappa shape index (κ2) is 8.98. The standard InChI is InChI=1S/C24H22F3N3O2/c25-24(26,27)19-9-6-16(7-10-19)13-20-4-1-5-21(29-20)18-3-2-12-30(15-18)23(32)17-8-11-22(31)28-14-17/h1,4-11,14,18H,2-3,12-13,15H2,(H,28,31)/t18-/m1/s1. The average molecular weight is 441 g/mol. The van der Waals surface area contributed by atoms with E-state index in [1.54, 1.807) is 4.90 Å². The lowest BCUT2D eigenvalue weighted by Gasteiger charge is -2.32. The number of carbonyl (C=O) groups excluding carboxylic acids is 1. The highest BCUT2D eigenvalue weighted by molar-refractivity contribution is 5.94. The van der Waals surface area contributed by atoms with Gasteiger partial charge in [-0.05, 0) is 48.7 Å². The van der Waals surface area contributed by atoms with E-state index in [1.807, 2.05) is 18.2 Å². The van der Waals surface area contributed by atoms with Crippen molar-refractivity contribution in [3.8, 4) is 0 Å². The van der Waals surface area contributed by atoms with Gasteiger partial charge in [0.25, 0.3) is 5.91 Å². The summed E-state index contributed by atoms with van der Waals surface area (Å²) >= 11 is 0. The number of amides is 1. The first-order valence-electron chi connectivity index (χ1n) is 10.4. The Labute approximate surface area is 182 Å². The van der Waals surface area contributed by atoms with Crippen LogP contribution in [0.25, 0.3) is 0 Å². The van der Waals surface area contributed by atoms with E-state index in [4.69, 9.17) is 4.98 Å². The molecule has 4 rings (SSSR count). The number of nitrogens with zero attached hydrogens (tertiary/aromatic N) is 2. The number of piperidine rings is 1. The molecule has 0 unspecified atom stereocenters. The van der Waals surface area contributed by atoms with E-state index < -0.39 is 11.7 Å². The molecule has 0 bridgehead atoms. The molecule has 0 aliphatic carbocycles. The fourth-order valence-electron chi connectivity index (χ4n) is 3.97. The van der Waals surface area contributed by atoms with E-state index in [9.17, 15) is 22.8 Å². The molecule has 1 saturated heterocycles. The van der Waals surface area contributed by atoms with Crippen LogP contribution >= 0.6 is 0 Å². The molecule has 3 aromatic rings. The van der Waals surface area contributed by atoms with Crippen molar-refractivity contribution in [3.05, 3.63) is 99.2 Å². The number of H-pyrrole nitrogens is 1. The molecule has 2 aromatic heterocycles. The highest BCUT2D eigenvalue weighted by Crippen LogP contribution is 2.30. The lowest BCUT2D eigenvalue weighted by molar-refractivity contribution is -0.137. The molecule has 166 valence electrons. The zero-order valence-electron chi connectivity index (χ0n) is 17.2. The van der Waals surface area contributed by atoms with Crippen molar-refractivity contribution in [2.24, 2.45) is 0 Å². The summed E-state index contributed by atoms with van der Waals surface area (Å²) in [5.41, 5.74) is 1.90. The van der Waals surface area contributed by atoms with Crippen molar-refractivity contribution in [2.75, 3.05) is 13.1 Å². The number of alkyl halides is 3. The highest BCUT2D eigenvalue weighted by Gasteiger charge is 2.30. The quantitative estimate of drug-likeness (QED) is 0.653. The van der Waals surface area contributed by atoms with Gasteiger partial charge in [-0.2, -0.15) is 13.2 Å². The molecule has 1 amide bonds. The van der Waals surface area contributed by atoms with E-state index in [-0.39, 0.29) is 17.4 Å². The first-order valence-corrected chi connectivity index (χ1v) is 10.4. The van der Waals surface area contributed by atoms with Gasteiger partial charge in [-0.3, -0.25) is 14.6 Å². The summed E-state index contributed by atoms with van der Waals surface area (Å²) in [6, 6.07) is 13.6. The topological polar surface area (TPSA) is 66.1 Å². The zero-order chi connectivity index (χ0) is 22.7. The van der Waals surface area contributed by atoms with Gasteiger partial charge in [0.1, 0.15) is 0 Å². The van der Waals surface area contributed by atoms with Gasteiger partial charge >= 0.3 is 6.18 Å². The van der Waals surface area contributed by atoms with Crippen LogP contribution in [0.1, 0.15) is 51.6 Å². The van der Waals surface area contributed by atoms with Crippen molar-refractivity contribution in [1.29, 1.82) is 0 Å². The summed E-state index contributed by atoms with van der Waals surface area (Å²) < 4.78 is 38.3. The Morgan fingerprint density at radius 2 is 1.88 bits per heavy atom. The fraction of sp³-hybridized carbons (Fsp3) is 0.292. The minimum Gasteiger partial charge on any atom is -0.338 e. The normalized spacial score (nSPS) is 16.7. The van der Waals surface area contributed by atoms with E-state index in [0.29, 0.717) is 25.1 Å². The molecule has 1 aliphatic rings. The van der Waals surface area contributed by atoms with Gasteiger partial charge < -0.3 is 9.88 Å². The van der Waals surface area contributed by atoms with Crippen LogP contribution in [-0.4, -0.2) is 33.9 Å². The van der Waals surface area contributed by atoms with Crippen molar-refractivity contribution in [2.45, 2.75) is 31.4 Å². The molecule has 3 heterocycles. The van der Waals surface area contributed by atoms with Crippen molar-refractivity contribution in [1.82, 2.24) is 14.9 Å². The molecule has 1 aromatic carbocycles. The number of pyridine rings is 2. The second-order valence-electron chi connectivity index (χ2n) is 7.96. The Morgan fingerprint density at radius 3 is 2.56 bits per heavy atom. The van der Waals surface area contributed by atoms with Crippen molar-refractivity contribution < 1.29 is 18.0 Å². The summed E-state index contributed by atoms with van der Waals surface area (Å²) in [4.78, 5) is 33.1. The van der Waals surface area contributed by atoms with Crippen LogP contribution in [0.5, 0.6) is 0 Å². The number of aromatic nitrogens is 2. The van der Waals surface area contributed by atoms with Crippen LogP contribution in [0.3, 0.4) is 0 Å². The lowest BCUT2D eigenvalue weighted by Crippen LogP contribution is -2.39. The van der Waals surface area contributed by atoms with Crippen LogP contribution in [0.15, 0.2) is 65.6 Å². The van der Waals surface area contributed by atoms with Gasteiger partial charge in [0.05, 0.1) is 11.1 Å². The third-order valence-electron chi connectivity index (χ3n) is 5.65. The molecule has 5 nitrogen and oxygen atoms in total. The average Bonchev–Trinajstić information content (AvgIpc) is 2.79. The molecule has 1 fully saturated rings. The van der Waals surface area contributed by atoms with Crippen molar-refractivity contribution >= 4 is 5.91 Å². The maximum Gasteiger partial charge on any atom is 0.416 e. The Kier molecular flexibility index (Phi) is 6.12. The SMILES string of the molecule is O=C(c1ccc(=O)[nH]c1)N1CCC[C@@H](c2cccc(Cc3ccc(C(F)(F)F)cc3)n2)C1. The smallest absolute Gasteiger partial charge is 0.338 e. The predicted molar refractivity (Wildman–Crippen MR) is 113 cm³/mol. The highest BCUT2D eigenvalue weighted by atomic mass is 19.4. The number of likely N-dealkylation sites (tertiary alicyclic amines) is 1. The summed E-state index contributed by atoms with van der Waals surface area (Å²) in [7, 11) is 0. The van der Waals surface area contributed by atoms with Gasteiger partial charge in [-0.25, -0.2) is 0 Å². The van der Waals surface area contributed by atoms with Crippen LogP contribution in [0.4, 0.5) is 13.2 Å². The molecule has 1 N–H and O–H groups in total. The molecule has 8 heteroatoms. The van der Waals surface area contributed by atoms with Gasteiger partial charge in [-0.15, -0.1) is 0 Å². The van der Waals surface area contributed by atoms with Gasteiger partial charge in [-0.1, -0.05) is 18.2 Å². The van der Waals surface area contributed by atoms with Crippen LogP contribution in [-0.2, 0) is 12.6 Å². The van der Waals surface area contributed by atoms with Gasteiger partial charge in [0, 0.05) is 49.1 Å². The number of nitrogens with one attached hydrogen (secondary N) is 1. The first kappa shape index (κ1) is 21.8. The number of rotatable bonds is 4. The third kappa shape index (κ3) is 5.07. The molecule has 0 radical (unpaired) electrons. The number of hydrogen-bond donors (Lipinski definition) is 1. The minimum atomic E-state index is -4.35. The van der Waals surface area contributed by atoms with Crippen molar-refractivity contribution in [3.63, 3.8) is 0 Å². The van der Waals surface area contributed by atoms with Gasteiger partial charge in [0.15, 0.2) is 0 Å². The Bertz CT molecular complexity index is 1140. The fourth-order valence-corrected chi connectivity index (χ4v) is 3.97.